The number of piperidine rings is 2. The highest BCUT2D eigenvalue weighted by Crippen LogP contribution is 2.64. The molecule has 52 heavy (non-hydrogen) atoms. The first-order chi connectivity index (χ1) is 24.4. The molecule has 2 aliphatic heterocycles. The summed E-state index contributed by atoms with van der Waals surface area (Å²) in [6, 6.07) is 16.2. The van der Waals surface area contributed by atoms with Crippen LogP contribution in [0.3, 0.4) is 0 Å². The largest absolute Gasteiger partial charge is 0.399 e. The molecule has 0 radical (unpaired) electrons. The van der Waals surface area contributed by atoms with Crippen LogP contribution in [0.15, 0.2) is 48.5 Å². The molecule has 4 atom stereocenters. The van der Waals surface area contributed by atoms with E-state index < -0.39 is 25.4 Å². The molecule has 2 aliphatic carbocycles. The molecule has 0 spiro atoms. The molecule has 11 nitrogen and oxygen atoms in total. The van der Waals surface area contributed by atoms with Gasteiger partial charge in [-0.3, -0.25) is 9.52 Å². The molecular weight excluding hydrogens is 720 g/mol. The number of likely N-dealkylation sites (tertiary alicyclic amines) is 2. The van der Waals surface area contributed by atoms with Gasteiger partial charge in [0.25, 0.3) is 10.2 Å². The standard InChI is InChI=1S/C18H29N3O2S.C18H28N2.C2H4ClNO3S.2H2/c1-3-4-5-6-10-21-12-16-17(13-21)18(16,2)14-8-7-9-15(11-14)20-24(19,22)23;1-3-4-5-6-10-20-12-16-17(13-20)18(16,2)14-8-7-9-15(19)11-14;1-2(5)4-8(3,6)7;;/h7-9,11,16-17,20H,3-6,10,12-13H2,1-2H3,(H2,19,22,23);7-9,11,16-17H,3-6,10,12-13,19H2,1-2H3;1H3,(H,4,5);2*1H. The van der Waals surface area contributed by atoms with Crippen molar-refractivity contribution in [1.82, 2.24) is 14.5 Å². The molecule has 4 fully saturated rings. The molecular formula is C38H65ClN6O5S2. The van der Waals surface area contributed by atoms with E-state index in [1.807, 2.05) is 18.2 Å². The number of benzene rings is 2. The van der Waals surface area contributed by atoms with Crippen LogP contribution < -0.4 is 20.3 Å². The molecule has 2 saturated heterocycles. The molecule has 4 unspecified atom stereocenters. The van der Waals surface area contributed by atoms with E-state index >= 15 is 0 Å². The lowest BCUT2D eigenvalue weighted by Gasteiger charge is -2.24. The lowest BCUT2D eigenvalue weighted by Crippen LogP contribution is -2.30. The molecule has 6 N–H and O–H groups in total. The first kappa shape index (κ1) is 42.3. The Labute approximate surface area is 320 Å². The summed E-state index contributed by atoms with van der Waals surface area (Å²) >= 11 is 0. The zero-order chi connectivity index (χ0) is 38.3. The number of fused-ring (bicyclic) bond motifs is 2. The molecule has 0 bridgehead atoms. The maximum Gasteiger partial charge on any atom is 0.321 e. The Morgan fingerprint density at radius 2 is 1.23 bits per heavy atom. The quantitative estimate of drug-likeness (QED) is 0.0906. The van der Waals surface area contributed by atoms with Crippen molar-refractivity contribution in [3.63, 3.8) is 0 Å². The molecule has 0 aromatic heterocycles. The summed E-state index contributed by atoms with van der Waals surface area (Å²) in [6.07, 6.45) is 10.8. The highest BCUT2D eigenvalue weighted by atomic mass is 35.7. The Morgan fingerprint density at radius 3 is 1.60 bits per heavy atom. The van der Waals surface area contributed by atoms with Gasteiger partial charge in [-0.15, -0.1) is 0 Å². The Kier molecular flexibility index (Phi) is 14.5. The Balaban J connectivity index is 0.000000305. The summed E-state index contributed by atoms with van der Waals surface area (Å²) in [6.45, 7) is 17.8. The van der Waals surface area contributed by atoms with Crippen LogP contribution >= 0.6 is 10.7 Å². The Hall–Kier alpha value is -2.42. The number of carbonyl (C=O) groups is 1. The van der Waals surface area contributed by atoms with Crippen molar-refractivity contribution in [3.8, 4) is 0 Å². The van der Waals surface area contributed by atoms with Crippen molar-refractivity contribution in [2.24, 2.45) is 28.8 Å². The van der Waals surface area contributed by atoms with E-state index in [9.17, 15) is 21.6 Å². The molecule has 14 heteroatoms. The van der Waals surface area contributed by atoms with Gasteiger partial charge < -0.3 is 15.5 Å². The second-order valence-electron chi connectivity index (χ2n) is 15.6. The summed E-state index contributed by atoms with van der Waals surface area (Å²) in [4.78, 5) is 15.2. The molecule has 2 aromatic carbocycles. The van der Waals surface area contributed by atoms with Gasteiger partial charge in [0.1, 0.15) is 0 Å². The van der Waals surface area contributed by atoms with Crippen molar-refractivity contribution in [3.05, 3.63) is 59.7 Å². The summed E-state index contributed by atoms with van der Waals surface area (Å²) in [5.41, 5.74) is 10.7. The van der Waals surface area contributed by atoms with Crippen LogP contribution in [0.5, 0.6) is 0 Å². The van der Waals surface area contributed by atoms with Gasteiger partial charge in [0.2, 0.25) is 5.91 Å². The summed E-state index contributed by atoms with van der Waals surface area (Å²) in [5, 5.41) is 5.07. The van der Waals surface area contributed by atoms with E-state index in [0.717, 1.165) is 24.4 Å². The average molecular weight is 786 g/mol. The van der Waals surface area contributed by atoms with Gasteiger partial charge in [-0.2, -0.15) is 16.8 Å². The first-order valence-corrected chi connectivity index (χ1v) is 22.7. The van der Waals surface area contributed by atoms with Gasteiger partial charge in [0.05, 0.1) is 5.69 Å². The number of nitrogens with two attached hydrogens (primary N) is 2. The number of rotatable bonds is 15. The predicted octanol–water partition coefficient (Wildman–Crippen LogP) is 6.47. The van der Waals surface area contributed by atoms with E-state index in [0.29, 0.717) is 22.9 Å². The third-order valence-electron chi connectivity index (χ3n) is 11.8. The molecule has 6 rings (SSSR count). The summed E-state index contributed by atoms with van der Waals surface area (Å²) in [7, 11) is -3.00. The van der Waals surface area contributed by atoms with Gasteiger partial charge in [0, 0.05) is 63.2 Å². The molecule has 2 heterocycles. The first-order valence-electron chi connectivity index (χ1n) is 18.9. The second kappa shape index (κ2) is 17.8. The lowest BCUT2D eigenvalue weighted by atomic mass is 9.92. The normalized spacial score (nSPS) is 27.7. The van der Waals surface area contributed by atoms with Crippen molar-refractivity contribution in [2.45, 2.75) is 96.8 Å². The average Bonchev–Trinajstić information content (AvgIpc) is 3.54. The third-order valence-corrected chi connectivity index (χ3v) is 13.1. The number of unbranched alkanes of at least 4 members (excludes halogenated alkanes) is 6. The van der Waals surface area contributed by atoms with Crippen LogP contribution in [0, 0.1) is 23.7 Å². The van der Waals surface area contributed by atoms with E-state index in [1.54, 1.807) is 6.07 Å². The number of nitrogens with zero attached hydrogens (tertiary/aromatic N) is 2. The zero-order valence-corrected chi connectivity index (χ0v) is 34.0. The Bertz CT molecular complexity index is 1710. The number of hydrogen-bond acceptors (Lipinski definition) is 8. The molecule has 2 aromatic rings. The summed E-state index contributed by atoms with van der Waals surface area (Å²) in [5.74, 6) is 2.40. The van der Waals surface area contributed by atoms with Crippen LogP contribution in [-0.4, -0.2) is 71.8 Å². The van der Waals surface area contributed by atoms with E-state index in [1.165, 1.54) is 106 Å². The van der Waals surface area contributed by atoms with Gasteiger partial charge >= 0.3 is 9.24 Å². The minimum atomic E-state index is -3.85. The topological polar surface area (TPSA) is 168 Å². The van der Waals surface area contributed by atoms with Crippen LogP contribution in [0.2, 0.25) is 0 Å². The van der Waals surface area contributed by atoms with Crippen LogP contribution in [0.1, 0.15) is 100.0 Å². The SMILES string of the molecule is CC(=O)NS(=O)(=O)Cl.CCCCCCN1CC2C(C1)C2(C)c1cccc(N)c1.CCCCCCN1CC2C(C1)C2(C)c1cccc(NS(N)(=O)=O)c1.[HH].[HH]. The highest BCUT2D eigenvalue weighted by Gasteiger charge is 2.66. The number of amides is 1. The number of halogens is 1. The van der Waals surface area contributed by atoms with Gasteiger partial charge in [-0.1, -0.05) is 90.5 Å². The number of hydrogen-bond donors (Lipinski definition) is 4. The monoisotopic (exact) mass is 784 g/mol. The maximum absolute atomic E-state index is 11.2. The summed E-state index contributed by atoms with van der Waals surface area (Å²) < 4.78 is 46.1. The fourth-order valence-electron chi connectivity index (χ4n) is 8.80. The van der Waals surface area contributed by atoms with E-state index in [4.69, 9.17) is 10.9 Å². The molecule has 4 aliphatic rings. The van der Waals surface area contributed by atoms with Crippen LogP contribution in [-0.2, 0) is 35.1 Å². The fourth-order valence-corrected chi connectivity index (χ4v) is 9.92. The number of anilines is 2. The van der Waals surface area contributed by atoms with Gasteiger partial charge in [-0.25, -0.2) is 9.86 Å². The minimum Gasteiger partial charge on any atom is -0.399 e. The van der Waals surface area contributed by atoms with Crippen molar-refractivity contribution < 1.29 is 24.5 Å². The number of carbonyl (C=O) groups excluding carboxylic acids is 1. The van der Waals surface area contributed by atoms with Crippen molar-refractivity contribution in [1.29, 1.82) is 0 Å². The lowest BCUT2D eigenvalue weighted by molar-refractivity contribution is -0.117. The van der Waals surface area contributed by atoms with E-state index in [2.05, 4.69) is 77.2 Å². The molecule has 2 saturated carbocycles. The molecule has 1 amide bonds. The van der Waals surface area contributed by atoms with Gasteiger partial charge in [-0.05, 0) is 85.0 Å². The number of nitrogens with one attached hydrogen (secondary N) is 2. The van der Waals surface area contributed by atoms with Crippen LogP contribution in [0.4, 0.5) is 11.4 Å². The van der Waals surface area contributed by atoms with Crippen molar-refractivity contribution in [2.75, 3.05) is 49.7 Å². The Morgan fingerprint density at radius 1 is 0.788 bits per heavy atom. The van der Waals surface area contributed by atoms with Crippen molar-refractivity contribution >= 4 is 47.4 Å². The second-order valence-corrected chi connectivity index (χ2v) is 19.2. The fraction of sp³-hybridized carbons (Fsp3) is 0.658. The minimum absolute atomic E-state index is 0. The van der Waals surface area contributed by atoms with Gasteiger partial charge in [0.15, 0.2) is 0 Å². The maximum atomic E-state index is 11.2. The predicted molar refractivity (Wildman–Crippen MR) is 217 cm³/mol. The highest BCUT2D eigenvalue weighted by molar-refractivity contribution is 8.12. The zero-order valence-electron chi connectivity index (χ0n) is 31.6. The number of nitrogen functional groups attached to an aromatic ring is 1. The smallest absolute Gasteiger partial charge is 0.321 e. The van der Waals surface area contributed by atoms with Crippen LogP contribution in [0.25, 0.3) is 0 Å². The van der Waals surface area contributed by atoms with E-state index in [-0.39, 0.29) is 8.27 Å². The third kappa shape index (κ3) is 11.3. The molecule has 296 valence electrons.